The lowest BCUT2D eigenvalue weighted by molar-refractivity contribution is -0.138. The van der Waals surface area contributed by atoms with Crippen molar-refractivity contribution in [1.29, 1.82) is 0 Å². The smallest absolute Gasteiger partial charge is 0.303 e. The van der Waals surface area contributed by atoms with Gasteiger partial charge in [0, 0.05) is 22.7 Å². The van der Waals surface area contributed by atoms with Gasteiger partial charge in [-0.15, -0.1) is 11.8 Å². The van der Waals surface area contributed by atoms with Gasteiger partial charge in [0.1, 0.15) is 0 Å². The highest BCUT2D eigenvalue weighted by Gasteiger charge is 2.19. The second-order valence-corrected chi connectivity index (χ2v) is 8.19. The van der Waals surface area contributed by atoms with E-state index in [1.54, 1.807) is 36.4 Å². The fraction of sp³-hybridized carbons (Fsp3) is 0.250. The van der Waals surface area contributed by atoms with Gasteiger partial charge in [-0.25, -0.2) is 0 Å². The number of benzene rings is 2. The molecule has 0 saturated heterocycles. The molecule has 2 aromatic carbocycles. The van der Waals surface area contributed by atoms with E-state index < -0.39 is 5.97 Å². The molecule has 0 bridgehead atoms. The molecular formula is C20H20Cl2N2O4S. The van der Waals surface area contributed by atoms with Gasteiger partial charge in [0.2, 0.25) is 11.8 Å². The highest BCUT2D eigenvalue weighted by atomic mass is 35.5. The zero-order valence-electron chi connectivity index (χ0n) is 15.6. The van der Waals surface area contributed by atoms with Crippen molar-refractivity contribution >= 4 is 64.1 Å². The number of hydrogen-bond donors (Lipinski definition) is 3. The maximum atomic E-state index is 12.6. The lowest BCUT2D eigenvalue weighted by Crippen LogP contribution is -2.24. The average Bonchev–Trinajstić information content (AvgIpc) is 2.67. The third-order valence-electron chi connectivity index (χ3n) is 3.81. The summed E-state index contributed by atoms with van der Waals surface area (Å²) in [5.74, 6) is -1.58. The van der Waals surface area contributed by atoms with Gasteiger partial charge in [-0.1, -0.05) is 36.2 Å². The van der Waals surface area contributed by atoms with Crippen LogP contribution in [0.4, 0.5) is 11.4 Å². The number of hydrogen-bond acceptors (Lipinski definition) is 4. The zero-order valence-corrected chi connectivity index (χ0v) is 17.9. The van der Waals surface area contributed by atoms with Crippen molar-refractivity contribution in [3.63, 3.8) is 0 Å². The molecular weight excluding hydrogens is 435 g/mol. The number of carbonyl (C=O) groups is 3. The number of carboxylic acid groups (broad SMARTS) is 1. The van der Waals surface area contributed by atoms with E-state index >= 15 is 0 Å². The minimum absolute atomic E-state index is 0.101. The van der Waals surface area contributed by atoms with Crippen LogP contribution in [0.15, 0.2) is 47.4 Å². The fourth-order valence-electron chi connectivity index (χ4n) is 2.37. The molecule has 3 N–H and O–H groups in total. The molecule has 0 fully saturated rings. The van der Waals surface area contributed by atoms with Gasteiger partial charge in [0.15, 0.2) is 0 Å². The Morgan fingerprint density at radius 2 is 1.72 bits per heavy atom. The topological polar surface area (TPSA) is 95.5 Å². The Kier molecular flexibility index (Phi) is 8.82. The molecule has 9 heteroatoms. The Morgan fingerprint density at radius 3 is 2.38 bits per heavy atom. The molecule has 2 aromatic rings. The number of aliphatic carboxylic acids is 1. The lowest BCUT2D eigenvalue weighted by Gasteiger charge is -2.16. The van der Waals surface area contributed by atoms with Crippen LogP contribution in [0, 0.1) is 0 Å². The van der Waals surface area contributed by atoms with Crippen molar-refractivity contribution < 1.29 is 19.5 Å². The van der Waals surface area contributed by atoms with Crippen LogP contribution in [-0.2, 0) is 14.4 Å². The van der Waals surface area contributed by atoms with Crippen LogP contribution in [0.5, 0.6) is 0 Å². The predicted octanol–water partition coefficient (Wildman–Crippen LogP) is 5.31. The van der Waals surface area contributed by atoms with E-state index in [1.165, 1.54) is 11.8 Å². The minimum Gasteiger partial charge on any atom is -0.481 e. The minimum atomic E-state index is -1.02. The molecule has 0 aliphatic carbocycles. The molecule has 6 nitrogen and oxygen atoms in total. The number of amides is 2. The van der Waals surface area contributed by atoms with Crippen LogP contribution in [0.3, 0.4) is 0 Å². The summed E-state index contributed by atoms with van der Waals surface area (Å²) in [5, 5.41) is 14.6. The largest absolute Gasteiger partial charge is 0.481 e. The summed E-state index contributed by atoms with van der Waals surface area (Å²) in [5.41, 5.74) is 1.10. The van der Waals surface area contributed by atoms with Gasteiger partial charge in [-0.2, -0.15) is 0 Å². The van der Waals surface area contributed by atoms with Crippen molar-refractivity contribution in [2.75, 3.05) is 10.6 Å². The Bertz CT molecular complexity index is 908. The van der Waals surface area contributed by atoms with Gasteiger partial charge in [-0.3, -0.25) is 14.4 Å². The highest BCUT2D eigenvalue weighted by molar-refractivity contribution is 8.00. The maximum absolute atomic E-state index is 12.6. The third kappa shape index (κ3) is 7.61. The van der Waals surface area contributed by atoms with Crippen LogP contribution >= 0.6 is 35.0 Å². The number of halogens is 2. The van der Waals surface area contributed by atoms with E-state index in [0.29, 0.717) is 27.8 Å². The summed E-state index contributed by atoms with van der Waals surface area (Å²) in [6.07, 6.45) is 0.260. The summed E-state index contributed by atoms with van der Waals surface area (Å²) in [6, 6.07) is 11.9. The Balaban J connectivity index is 2.00. The average molecular weight is 455 g/mol. The molecule has 0 saturated carbocycles. The molecule has 0 aliphatic heterocycles. The summed E-state index contributed by atoms with van der Waals surface area (Å²) in [7, 11) is 0. The zero-order chi connectivity index (χ0) is 21.4. The molecule has 0 heterocycles. The monoisotopic (exact) mass is 454 g/mol. The number of thioether (sulfide) groups is 1. The number of nitrogens with one attached hydrogen (secondary N) is 2. The third-order valence-corrected chi connectivity index (χ3v) is 5.91. The van der Waals surface area contributed by atoms with E-state index in [9.17, 15) is 14.4 Å². The molecule has 0 aromatic heterocycles. The summed E-state index contributed by atoms with van der Waals surface area (Å²) < 4.78 is 0. The number of anilines is 2. The number of carbonyl (C=O) groups excluding carboxylic acids is 2. The van der Waals surface area contributed by atoms with E-state index in [-0.39, 0.29) is 29.9 Å². The van der Waals surface area contributed by atoms with Crippen molar-refractivity contribution in [1.82, 2.24) is 0 Å². The van der Waals surface area contributed by atoms with Crippen LogP contribution < -0.4 is 10.6 Å². The van der Waals surface area contributed by atoms with E-state index in [4.69, 9.17) is 28.3 Å². The summed E-state index contributed by atoms with van der Waals surface area (Å²) in [4.78, 5) is 35.8. The van der Waals surface area contributed by atoms with Gasteiger partial charge in [-0.05, 0) is 42.8 Å². The van der Waals surface area contributed by atoms with Crippen molar-refractivity contribution in [2.45, 2.75) is 36.3 Å². The fourth-order valence-corrected chi connectivity index (χ4v) is 3.69. The Hall–Kier alpha value is -2.22. The first kappa shape index (κ1) is 23.1. The van der Waals surface area contributed by atoms with Gasteiger partial charge in [0.25, 0.3) is 0 Å². The molecule has 0 radical (unpaired) electrons. The van der Waals surface area contributed by atoms with E-state index in [2.05, 4.69) is 10.6 Å². The van der Waals surface area contributed by atoms with Crippen LogP contribution in [0.2, 0.25) is 10.0 Å². The molecule has 29 heavy (non-hydrogen) atoms. The Labute approximate surface area is 183 Å². The predicted molar refractivity (Wildman–Crippen MR) is 117 cm³/mol. The molecule has 1 unspecified atom stereocenters. The number of carboxylic acids is 1. The first-order valence-electron chi connectivity index (χ1n) is 8.82. The van der Waals surface area contributed by atoms with Crippen LogP contribution in [0.1, 0.15) is 26.2 Å². The normalized spacial score (nSPS) is 11.6. The molecule has 0 spiro atoms. The second-order valence-electron chi connectivity index (χ2n) is 6.10. The van der Waals surface area contributed by atoms with Crippen LogP contribution in [-0.4, -0.2) is 28.1 Å². The molecule has 1 atom stereocenters. The van der Waals surface area contributed by atoms with Gasteiger partial charge in [0.05, 0.1) is 21.7 Å². The molecule has 2 rings (SSSR count). The standard InChI is InChI=1S/C20H20Cl2N2O4S/c1-2-17(20(28)24-13-6-7-15(21)16(22)11-13)29-14-5-3-4-12(10-14)23-18(25)8-9-19(26)27/h3-7,10-11,17H,2,8-9H2,1H3,(H,23,25)(H,24,28)(H,26,27). The van der Waals surface area contributed by atoms with Crippen molar-refractivity contribution in [3.8, 4) is 0 Å². The van der Waals surface area contributed by atoms with Crippen LogP contribution in [0.25, 0.3) is 0 Å². The quantitative estimate of drug-likeness (QED) is 0.446. The lowest BCUT2D eigenvalue weighted by atomic mass is 10.2. The first-order valence-corrected chi connectivity index (χ1v) is 10.5. The highest BCUT2D eigenvalue weighted by Crippen LogP contribution is 2.30. The first-order chi connectivity index (χ1) is 13.8. The second kappa shape index (κ2) is 11.1. The molecule has 154 valence electrons. The van der Waals surface area contributed by atoms with Gasteiger partial charge < -0.3 is 15.7 Å². The van der Waals surface area contributed by atoms with Crippen molar-refractivity contribution in [3.05, 3.63) is 52.5 Å². The summed E-state index contributed by atoms with van der Waals surface area (Å²) in [6.45, 7) is 1.91. The van der Waals surface area contributed by atoms with Gasteiger partial charge >= 0.3 is 5.97 Å². The Morgan fingerprint density at radius 1 is 1.00 bits per heavy atom. The molecule has 2 amide bonds. The SMILES string of the molecule is CCC(Sc1cccc(NC(=O)CCC(=O)O)c1)C(=O)Nc1ccc(Cl)c(Cl)c1. The van der Waals surface area contributed by atoms with E-state index in [0.717, 1.165) is 4.90 Å². The van der Waals surface area contributed by atoms with Crippen molar-refractivity contribution in [2.24, 2.45) is 0 Å². The maximum Gasteiger partial charge on any atom is 0.303 e. The number of rotatable bonds is 9. The summed E-state index contributed by atoms with van der Waals surface area (Å²) >= 11 is 13.2. The molecule has 0 aliphatic rings. The van der Waals surface area contributed by atoms with E-state index in [1.807, 2.05) is 13.0 Å².